The Balaban J connectivity index is 1.55. The van der Waals surface area contributed by atoms with Crippen molar-refractivity contribution in [3.05, 3.63) is 83.9 Å². The molecule has 3 N–H and O–H groups in total. The topological polar surface area (TPSA) is 115 Å². The van der Waals surface area contributed by atoms with Crippen molar-refractivity contribution in [2.45, 2.75) is 18.6 Å². The molecule has 0 radical (unpaired) electrons. The van der Waals surface area contributed by atoms with E-state index in [1.807, 2.05) is 19.1 Å². The second-order valence-electron chi connectivity index (χ2n) is 7.60. The Labute approximate surface area is 200 Å². The van der Waals surface area contributed by atoms with Gasteiger partial charge in [-0.1, -0.05) is 41.6 Å². The number of anilines is 2. The molecule has 1 aliphatic rings. The van der Waals surface area contributed by atoms with Gasteiger partial charge < -0.3 is 15.5 Å². The molecule has 0 saturated carbocycles. The van der Waals surface area contributed by atoms with Crippen molar-refractivity contribution in [3.8, 4) is 11.5 Å². The van der Waals surface area contributed by atoms with Gasteiger partial charge in [0.25, 0.3) is 0 Å². The maximum atomic E-state index is 13.2. The van der Waals surface area contributed by atoms with Gasteiger partial charge in [0.1, 0.15) is 16.7 Å². The maximum Gasteiger partial charge on any atom is 0.247 e. The van der Waals surface area contributed by atoms with E-state index in [9.17, 15) is 19.8 Å². The number of hydrogen-bond acceptors (Lipinski definition) is 7. The van der Waals surface area contributed by atoms with Gasteiger partial charge in [0.05, 0.1) is 11.9 Å². The number of rotatable bonds is 6. The summed E-state index contributed by atoms with van der Waals surface area (Å²) in [4.78, 5) is 27.2. The zero-order valence-electron chi connectivity index (χ0n) is 18.3. The summed E-state index contributed by atoms with van der Waals surface area (Å²) in [6, 6.07) is 20.2. The number of nitrogens with one attached hydrogen (secondary N) is 1. The number of amidine groups is 1. The maximum absolute atomic E-state index is 13.2. The third kappa shape index (κ3) is 5.44. The zero-order valence-corrected chi connectivity index (χ0v) is 19.1. The van der Waals surface area contributed by atoms with Crippen molar-refractivity contribution in [2.75, 3.05) is 10.2 Å². The molecule has 1 heterocycles. The molecule has 1 atom stereocenters. The van der Waals surface area contributed by atoms with Crippen LogP contribution in [0.2, 0.25) is 0 Å². The summed E-state index contributed by atoms with van der Waals surface area (Å²) in [5.41, 5.74) is 2.71. The average Bonchev–Trinajstić information content (AvgIpc) is 3.12. The number of aromatic hydroxyl groups is 2. The lowest BCUT2D eigenvalue weighted by Crippen LogP contribution is -2.33. The molecule has 1 unspecified atom stereocenters. The number of aryl methyl sites for hydroxylation is 1. The number of phenolic OH excluding ortho intramolecular Hbond substituents is 2. The highest BCUT2D eigenvalue weighted by atomic mass is 32.2. The minimum Gasteiger partial charge on any atom is -0.508 e. The Kier molecular flexibility index (Phi) is 6.93. The Bertz CT molecular complexity index is 1260. The summed E-state index contributed by atoms with van der Waals surface area (Å²) >= 11 is 1.13. The average molecular weight is 475 g/mol. The second-order valence-corrected chi connectivity index (χ2v) is 8.77. The number of amides is 2. The Hall–Kier alpha value is -4.11. The first-order valence-corrected chi connectivity index (χ1v) is 11.3. The van der Waals surface area contributed by atoms with E-state index in [-0.39, 0.29) is 34.9 Å². The lowest BCUT2D eigenvalue weighted by atomic mass is 10.2. The number of phenols is 2. The summed E-state index contributed by atoms with van der Waals surface area (Å²) in [7, 11) is 0. The molecule has 3 aromatic rings. The van der Waals surface area contributed by atoms with E-state index in [4.69, 9.17) is 0 Å². The van der Waals surface area contributed by atoms with Crippen LogP contribution in [0, 0.1) is 6.92 Å². The first-order valence-electron chi connectivity index (χ1n) is 10.5. The molecule has 1 aliphatic heterocycles. The van der Waals surface area contributed by atoms with E-state index >= 15 is 0 Å². The van der Waals surface area contributed by atoms with Crippen LogP contribution in [0.3, 0.4) is 0 Å². The molecule has 8 nitrogen and oxygen atoms in total. The number of nitrogens with zero attached hydrogens (tertiary/aromatic N) is 3. The van der Waals surface area contributed by atoms with E-state index in [0.29, 0.717) is 16.9 Å². The molecular formula is C25H22N4O4S. The van der Waals surface area contributed by atoms with E-state index in [1.165, 1.54) is 29.3 Å². The fourth-order valence-corrected chi connectivity index (χ4v) is 4.35. The number of carbonyl (C=O) groups excluding carboxylic acids is 2. The lowest BCUT2D eigenvalue weighted by Gasteiger charge is -2.16. The van der Waals surface area contributed by atoms with Crippen LogP contribution in [0.15, 0.2) is 83.0 Å². The van der Waals surface area contributed by atoms with Crippen LogP contribution in [0.5, 0.6) is 11.5 Å². The highest BCUT2D eigenvalue weighted by molar-refractivity contribution is 8.16. The molecule has 34 heavy (non-hydrogen) atoms. The minimum absolute atomic E-state index is 0.0475. The Morgan fingerprint density at radius 2 is 1.76 bits per heavy atom. The largest absolute Gasteiger partial charge is 0.508 e. The van der Waals surface area contributed by atoms with Crippen LogP contribution in [0.4, 0.5) is 11.4 Å². The highest BCUT2D eigenvalue weighted by Crippen LogP contribution is 2.34. The number of thioether (sulfide) groups is 1. The molecule has 3 aromatic carbocycles. The van der Waals surface area contributed by atoms with Gasteiger partial charge in [-0.25, -0.2) is 0 Å². The van der Waals surface area contributed by atoms with Gasteiger partial charge in [-0.2, -0.15) is 5.10 Å². The Morgan fingerprint density at radius 1 is 1.06 bits per heavy atom. The smallest absolute Gasteiger partial charge is 0.247 e. The molecule has 1 fully saturated rings. The number of hydrogen-bond donors (Lipinski definition) is 3. The highest BCUT2D eigenvalue weighted by Gasteiger charge is 2.40. The fourth-order valence-electron chi connectivity index (χ4n) is 3.26. The van der Waals surface area contributed by atoms with Crippen molar-refractivity contribution in [1.82, 2.24) is 0 Å². The summed E-state index contributed by atoms with van der Waals surface area (Å²) in [6.07, 6.45) is 1.34. The van der Waals surface area contributed by atoms with Crippen molar-refractivity contribution in [3.63, 3.8) is 0 Å². The van der Waals surface area contributed by atoms with Crippen LogP contribution < -0.4 is 10.2 Å². The van der Waals surface area contributed by atoms with Crippen LogP contribution in [0.25, 0.3) is 0 Å². The first-order chi connectivity index (χ1) is 16.4. The summed E-state index contributed by atoms with van der Waals surface area (Å²) in [5, 5.41) is 30.1. The van der Waals surface area contributed by atoms with Gasteiger partial charge in [0.15, 0.2) is 5.17 Å². The monoisotopic (exact) mass is 474 g/mol. The standard InChI is InChI=1S/C25H22N4O4S/c1-16-6-8-18(9-7-16)27-23(32)14-22-24(33)29(19-10-12-20(30)13-11-19)25(34-22)28-26-15-17-4-2-3-5-21(17)31/h2-13,15,22,30-31H,14H2,1H3,(H,27,32). The molecule has 1 saturated heterocycles. The van der Waals surface area contributed by atoms with Crippen LogP contribution >= 0.6 is 11.8 Å². The number of para-hydroxylation sites is 1. The second kappa shape index (κ2) is 10.2. The lowest BCUT2D eigenvalue weighted by molar-refractivity contribution is -0.121. The molecule has 0 bridgehead atoms. The van der Waals surface area contributed by atoms with E-state index in [2.05, 4.69) is 15.5 Å². The van der Waals surface area contributed by atoms with Gasteiger partial charge in [-0.15, -0.1) is 5.10 Å². The SMILES string of the molecule is Cc1ccc(NC(=O)CC2SC(=NN=Cc3ccccc3O)N(c3ccc(O)cc3)C2=O)cc1. The zero-order chi connectivity index (χ0) is 24.1. The minimum atomic E-state index is -0.696. The van der Waals surface area contributed by atoms with Gasteiger partial charge in [0, 0.05) is 17.7 Å². The van der Waals surface area contributed by atoms with Crippen molar-refractivity contribution in [2.24, 2.45) is 10.2 Å². The third-order valence-corrected chi connectivity index (χ3v) is 6.15. The molecule has 0 aromatic heterocycles. The fraction of sp³-hybridized carbons (Fsp3) is 0.120. The van der Waals surface area contributed by atoms with E-state index in [1.54, 1.807) is 42.5 Å². The normalized spacial score (nSPS) is 17.0. The Morgan fingerprint density at radius 3 is 2.47 bits per heavy atom. The van der Waals surface area contributed by atoms with Crippen molar-refractivity contribution < 1.29 is 19.8 Å². The van der Waals surface area contributed by atoms with E-state index < -0.39 is 5.25 Å². The van der Waals surface area contributed by atoms with Crippen LogP contribution in [-0.2, 0) is 9.59 Å². The molecular weight excluding hydrogens is 452 g/mol. The molecule has 172 valence electrons. The van der Waals surface area contributed by atoms with Gasteiger partial charge in [-0.05, 0) is 55.5 Å². The molecule has 0 spiro atoms. The van der Waals surface area contributed by atoms with E-state index in [0.717, 1.165) is 17.3 Å². The molecule has 2 amide bonds. The number of carbonyl (C=O) groups is 2. The van der Waals surface area contributed by atoms with Crippen LogP contribution in [-0.4, -0.2) is 38.7 Å². The number of benzene rings is 3. The molecule has 9 heteroatoms. The molecule has 4 rings (SSSR count). The van der Waals surface area contributed by atoms with Gasteiger partial charge in [-0.3, -0.25) is 14.5 Å². The van der Waals surface area contributed by atoms with Crippen molar-refractivity contribution >= 4 is 46.3 Å². The van der Waals surface area contributed by atoms with Gasteiger partial charge >= 0.3 is 0 Å². The third-order valence-electron chi connectivity index (χ3n) is 5.03. The van der Waals surface area contributed by atoms with Crippen LogP contribution in [0.1, 0.15) is 17.5 Å². The predicted octanol–water partition coefficient (Wildman–Crippen LogP) is 4.27. The first kappa shape index (κ1) is 23.1. The molecule has 0 aliphatic carbocycles. The quantitative estimate of drug-likeness (QED) is 0.365. The summed E-state index contributed by atoms with van der Waals surface area (Å²) in [5.74, 6) is -0.485. The summed E-state index contributed by atoms with van der Waals surface area (Å²) < 4.78 is 0. The van der Waals surface area contributed by atoms with Gasteiger partial charge in [0.2, 0.25) is 11.8 Å². The van der Waals surface area contributed by atoms with Crippen molar-refractivity contribution in [1.29, 1.82) is 0 Å². The predicted molar refractivity (Wildman–Crippen MR) is 135 cm³/mol. The summed E-state index contributed by atoms with van der Waals surface area (Å²) in [6.45, 7) is 1.96.